The molecule has 100 valence electrons. The van der Waals surface area contributed by atoms with Crippen LogP contribution in [0.3, 0.4) is 0 Å². The Balaban J connectivity index is 2.04. The van der Waals surface area contributed by atoms with E-state index < -0.39 is 0 Å². The Morgan fingerprint density at radius 2 is 1.95 bits per heavy atom. The van der Waals surface area contributed by atoms with Crippen molar-refractivity contribution in [2.75, 3.05) is 0 Å². The Hall–Kier alpha value is -2.00. The van der Waals surface area contributed by atoms with Gasteiger partial charge in [-0.1, -0.05) is 23.7 Å². The summed E-state index contributed by atoms with van der Waals surface area (Å²) in [7, 11) is 0. The summed E-state index contributed by atoms with van der Waals surface area (Å²) in [6.45, 7) is 0. The quantitative estimate of drug-likeness (QED) is 0.757. The molecule has 1 aromatic heterocycles. The van der Waals surface area contributed by atoms with Crippen LogP contribution in [0.1, 0.15) is 18.9 Å². The fourth-order valence-corrected chi connectivity index (χ4v) is 2.79. The number of aromatic nitrogens is 2. The Labute approximate surface area is 121 Å². The summed E-state index contributed by atoms with van der Waals surface area (Å²) in [4.78, 5) is 4.69. The third kappa shape index (κ3) is 1.78. The molecule has 1 aliphatic carbocycles. The van der Waals surface area contributed by atoms with Gasteiger partial charge in [0.25, 0.3) is 0 Å². The second-order valence-corrected chi connectivity index (χ2v) is 5.62. The topological polar surface area (TPSA) is 38.1 Å². The molecule has 0 unspecified atom stereocenters. The molecular weight excluding hydrogens is 272 g/mol. The first-order chi connectivity index (χ1) is 9.74. The predicted molar refractivity (Wildman–Crippen MR) is 80.1 cm³/mol. The highest BCUT2D eigenvalue weighted by Gasteiger charge is 2.29. The molecule has 1 saturated carbocycles. The van der Waals surface area contributed by atoms with E-state index in [0.29, 0.717) is 11.1 Å². The molecule has 0 bridgehead atoms. The van der Waals surface area contributed by atoms with Gasteiger partial charge in [-0.15, -0.1) is 0 Å². The molecule has 0 aliphatic heterocycles. The van der Waals surface area contributed by atoms with Crippen LogP contribution < -0.4 is 0 Å². The number of rotatable bonds is 2. The molecule has 3 aromatic rings. The molecule has 0 amide bonds. The van der Waals surface area contributed by atoms with Crippen LogP contribution in [0.2, 0.25) is 5.02 Å². The smallest absolute Gasteiger partial charge is 0.145 e. The third-order valence-corrected chi connectivity index (χ3v) is 3.94. The number of hydrogen-bond donors (Lipinski definition) is 1. The fourth-order valence-electron chi connectivity index (χ4n) is 2.62. The van der Waals surface area contributed by atoms with Gasteiger partial charge in [-0.3, -0.25) is 0 Å². The first-order valence-corrected chi connectivity index (χ1v) is 7.08. The van der Waals surface area contributed by atoms with Crippen LogP contribution in [-0.2, 0) is 0 Å². The largest absolute Gasteiger partial charge is 0.507 e. The molecule has 1 heterocycles. The van der Waals surface area contributed by atoms with Crippen LogP contribution >= 0.6 is 11.6 Å². The molecule has 0 atom stereocenters. The standard InChI is InChI=1S/C16H13ClN2O/c17-10-5-8-13-14(9-10)19(11-6-7-11)16(18-13)12-3-1-2-4-15(12)20/h1-5,8-9,11,20H,6-7H2. The number of halogens is 1. The summed E-state index contributed by atoms with van der Waals surface area (Å²) in [5.41, 5.74) is 2.73. The van der Waals surface area contributed by atoms with Crippen molar-refractivity contribution < 1.29 is 5.11 Å². The zero-order valence-corrected chi connectivity index (χ0v) is 11.5. The summed E-state index contributed by atoms with van der Waals surface area (Å²) in [6.07, 6.45) is 2.30. The van der Waals surface area contributed by atoms with Crippen molar-refractivity contribution in [3.8, 4) is 17.1 Å². The highest BCUT2D eigenvalue weighted by molar-refractivity contribution is 6.31. The molecule has 1 fully saturated rings. The molecule has 1 N–H and O–H groups in total. The molecule has 1 aliphatic rings. The van der Waals surface area contributed by atoms with Gasteiger partial charge in [0.1, 0.15) is 11.6 Å². The molecule has 20 heavy (non-hydrogen) atoms. The zero-order valence-electron chi connectivity index (χ0n) is 10.8. The average Bonchev–Trinajstić information content (AvgIpc) is 3.20. The molecule has 2 aromatic carbocycles. The Bertz CT molecular complexity index is 805. The number of para-hydroxylation sites is 1. The van der Waals surface area contributed by atoms with Crippen LogP contribution in [0.5, 0.6) is 5.75 Å². The maximum Gasteiger partial charge on any atom is 0.145 e. The molecule has 0 spiro atoms. The summed E-state index contributed by atoms with van der Waals surface area (Å²) >= 11 is 6.11. The van der Waals surface area contributed by atoms with Crippen molar-refractivity contribution in [3.05, 3.63) is 47.5 Å². The van der Waals surface area contributed by atoms with Crippen molar-refractivity contribution in [3.63, 3.8) is 0 Å². The number of imidazole rings is 1. The van der Waals surface area contributed by atoms with E-state index >= 15 is 0 Å². The molecule has 0 radical (unpaired) electrons. The second kappa shape index (κ2) is 4.25. The number of hydrogen-bond acceptors (Lipinski definition) is 2. The van der Waals surface area contributed by atoms with Crippen LogP contribution in [0.4, 0.5) is 0 Å². The van der Waals surface area contributed by atoms with Gasteiger partial charge in [-0.05, 0) is 43.2 Å². The van der Waals surface area contributed by atoms with E-state index in [-0.39, 0.29) is 5.75 Å². The summed E-state index contributed by atoms with van der Waals surface area (Å²) in [6, 6.07) is 13.5. The van der Waals surface area contributed by atoms with Gasteiger partial charge in [0.15, 0.2) is 0 Å². The van der Waals surface area contributed by atoms with Crippen molar-refractivity contribution in [2.24, 2.45) is 0 Å². The Morgan fingerprint density at radius 3 is 2.70 bits per heavy atom. The number of phenols is 1. The fraction of sp³-hybridized carbons (Fsp3) is 0.188. The van der Waals surface area contributed by atoms with Gasteiger partial charge in [-0.25, -0.2) is 4.98 Å². The maximum atomic E-state index is 10.1. The average molecular weight is 285 g/mol. The second-order valence-electron chi connectivity index (χ2n) is 5.19. The van der Waals surface area contributed by atoms with E-state index in [2.05, 4.69) is 4.57 Å². The van der Waals surface area contributed by atoms with Crippen molar-refractivity contribution in [1.82, 2.24) is 9.55 Å². The Kier molecular flexibility index (Phi) is 2.51. The minimum absolute atomic E-state index is 0.260. The normalized spacial score (nSPS) is 14.8. The van der Waals surface area contributed by atoms with Crippen molar-refractivity contribution >= 4 is 22.6 Å². The Morgan fingerprint density at radius 1 is 1.15 bits per heavy atom. The van der Waals surface area contributed by atoms with E-state index in [0.717, 1.165) is 35.3 Å². The first-order valence-electron chi connectivity index (χ1n) is 6.70. The summed E-state index contributed by atoms with van der Waals surface area (Å²) in [5.74, 6) is 1.08. The predicted octanol–water partition coefficient (Wildman–Crippen LogP) is 4.40. The molecule has 4 heteroatoms. The van der Waals surface area contributed by atoms with Gasteiger partial charge < -0.3 is 9.67 Å². The SMILES string of the molecule is Oc1ccccc1-c1nc2ccc(Cl)cc2n1C1CC1. The van der Waals surface area contributed by atoms with Gasteiger partial charge >= 0.3 is 0 Å². The summed E-state index contributed by atoms with van der Waals surface area (Å²) in [5, 5.41) is 10.8. The minimum Gasteiger partial charge on any atom is -0.507 e. The van der Waals surface area contributed by atoms with E-state index in [1.165, 1.54) is 0 Å². The lowest BCUT2D eigenvalue weighted by atomic mass is 10.2. The summed E-state index contributed by atoms with van der Waals surface area (Å²) < 4.78 is 2.20. The maximum absolute atomic E-state index is 10.1. The van der Waals surface area contributed by atoms with Gasteiger partial charge in [0.05, 0.1) is 16.6 Å². The first kappa shape index (κ1) is 11.8. The van der Waals surface area contributed by atoms with Crippen molar-refractivity contribution in [2.45, 2.75) is 18.9 Å². The lowest BCUT2D eigenvalue weighted by molar-refractivity contribution is 0.476. The lowest BCUT2D eigenvalue weighted by Crippen LogP contribution is -1.97. The number of phenolic OH excluding ortho intramolecular Hbond substituents is 1. The highest BCUT2D eigenvalue weighted by atomic mass is 35.5. The van der Waals surface area contributed by atoms with Gasteiger partial charge in [0, 0.05) is 11.1 Å². The molecule has 0 saturated heterocycles. The number of aromatic hydroxyl groups is 1. The van der Waals surface area contributed by atoms with E-state index in [1.807, 2.05) is 36.4 Å². The highest BCUT2D eigenvalue weighted by Crippen LogP contribution is 2.43. The lowest BCUT2D eigenvalue weighted by Gasteiger charge is -2.09. The molecule has 3 nitrogen and oxygen atoms in total. The van der Waals surface area contributed by atoms with E-state index in [4.69, 9.17) is 16.6 Å². The molecular formula is C16H13ClN2O. The number of nitrogens with zero attached hydrogens (tertiary/aromatic N) is 2. The zero-order chi connectivity index (χ0) is 13.7. The van der Waals surface area contributed by atoms with Crippen LogP contribution in [-0.4, -0.2) is 14.7 Å². The molecule has 4 rings (SSSR count). The minimum atomic E-state index is 0.260. The van der Waals surface area contributed by atoms with Crippen LogP contribution in [0, 0.1) is 0 Å². The van der Waals surface area contributed by atoms with E-state index in [9.17, 15) is 5.11 Å². The van der Waals surface area contributed by atoms with Crippen LogP contribution in [0.25, 0.3) is 22.4 Å². The van der Waals surface area contributed by atoms with Crippen molar-refractivity contribution in [1.29, 1.82) is 0 Å². The number of fused-ring (bicyclic) bond motifs is 1. The van der Waals surface area contributed by atoms with Gasteiger partial charge in [-0.2, -0.15) is 0 Å². The number of benzene rings is 2. The monoisotopic (exact) mass is 284 g/mol. The van der Waals surface area contributed by atoms with E-state index in [1.54, 1.807) is 6.07 Å². The van der Waals surface area contributed by atoms with Gasteiger partial charge in [0.2, 0.25) is 0 Å². The van der Waals surface area contributed by atoms with Crippen LogP contribution in [0.15, 0.2) is 42.5 Å². The third-order valence-electron chi connectivity index (χ3n) is 3.71.